The highest BCUT2D eigenvalue weighted by atomic mass is 16.5. The Labute approximate surface area is 151 Å². The molecule has 3 heterocycles. The Bertz CT molecular complexity index is 828. The van der Waals surface area contributed by atoms with Crippen LogP contribution in [0.5, 0.6) is 5.75 Å². The quantitative estimate of drug-likeness (QED) is 0.859. The number of amides is 2. The van der Waals surface area contributed by atoms with Gasteiger partial charge in [0.05, 0.1) is 12.1 Å². The van der Waals surface area contributed by atoms with E-state index in [1.807, 2.05) is 17.2 Å². The van der Waals surface area contributed by atoms with E-state index in [4.69, 9.17) is 4.74 Å². The van der Waals surface area contributed by atoms with Crippen LogP contribution in [0.15, 0.2) is 30.6 Å². The topological polar surface area (TPSA) is 87.3 Å². The molecule has 0 bridgehead atoms. The molecule has 1 aliphatic carbocycles. The van der Waals surface area contributed by atoms with Crippen molar-refractivity contribution in [3.8, 4) is 5.75 Å². The fourth-order valence-corrected chi connectivity index (χ4v) is 3.39. The Kier molecular flexibility index (Phi) is 4.36. The largest absolute Gasteiger partial charge is 0.488 e. The number of carbonyl (C=O) groups is 2. The molecule has 2 N–H and O–H groups in total. The van der Waals surface area contributed by atoms with E-state index in [1.54, 1.807) is 25.4 Å². The third-order valence-electron chi connectivity index (χ3n) is 4.92. The molecule has 7 heteroatoms. The minimum Gasteiger partial charge on any atom is -0.488 e. The molecule has 1 saturated carbocycles. The highest BCUT2D eigenvalue weighted by molar-refractivity contribution is 5.96. The number of likely N-dealkylation sites (tertiary alicyclic amines) is 1. The predicted molar refractivity (Wildman–Crippen MR) is 95.3 cm³/mol. The molecule has 0 aromatic carbocycles. The average Bonchev–Trinajstić information content (AvgIpc) is 3.20. The minimum absolute atomic E-state index is 0.0695. The Morgan fingerprint density at radius 2 is 2.15 bits per heavy atom. The number of carbonyl (C=O) groups excluding carboxylic acids is 2. The van der Waals surface area contributed by atoms with E-state index in [-0.39, 0.29) is 17.9 Å². The standard InChI is InChI=1S/C19H22N4O3/c1-20-18(24)16-10-13(4-7-21-16)26-14-6-9-23(11-14)19(25)15-5-8-22-17(15)12-2-3-12/h4-5,7-8,10,12,14,22H,2-3,6,9,11H2,1H3,(H,20,24). The average molecular weight is 354 g/mol. The number of H-pyrrole nitrogens is 1. The lowest BCUT2D eigenvalue weighted by Crippen LogP contribution is -2.31. The second-order valence-electron chi connectivity index (χ2n) is 6.81. The molecule has 26 heavy (non-hydrogen) atoms. The molecular formula is C19H22N4O3. The molecule has 7 nitrogen and oxygen atoms in total. The first kappa shape index (κ1) is 16.6. The van der Waals surface area contributed by atoms with Crippen LogP contribution < -0.4 is 10.1 Å². The van der Waals surface area contributed by atoms with Crippen LogP contribution >= 0.6 is 0 Å². The molecule has 136 valence electrons. The van der Waals surface area contributed by atoms with Crippen molar-refractivity contribution < 1.29 is 14.3 Å². The summed E-state index contributed by atoms with van der Waals surface area (Å²) < 4.78 is 5.98. The van der Waals surface area contributed by atoms with E-state index >= 15 is 0 Å². The first-order chi connectivity index (χ1) is 12.7. The van der Waals surface area contributed by atoms with Gasteiger partial charge in [0.25, 0.3) is 11.8 Å². The molecule has 2 aliphatic rings. The van der Waals surface area contributed by atoms with E-state index in [2.05, 4.69) is 15.3 Å². The number of ether oxygens (including phenoxy) is 1. The number of nitrogens with one attached hydrogen (secondary N) is 2. The van der Waals surface area contributed by atoms with Gasteiger partial charge in [-0.05, 0) is 30.9 Å². The Morgan fingerprint density at radius 3 is 2.92 bits per heavy atom. The third-order valence-corrected chi connectivity index (χ3v) is 4.92. The van der Waals surface area contributed by atoms with Crippen LogP contribution in [0.2, 0.25) is 0 Å². The fourth-order valence-electron chi connectivity index (χ4n) is 3.39. The van der Waals surface area contributed by atoms with Crippen molar-refractivity contribution in [3.05, 3.63) is 47.5 Å². The molecule has 0 spiro atoms. The summed E-state index contributed by atoms with van der Waals surface area (Å²) in [7, 11) is 1.56. The lowest BCUT2D eigenvalue weighted by molar-refractivity contribution is 0.0771. The summed E-state index contributed by atoms with van der Waals surface area (Å²) >= 11 is 0. The van der Waals surface area contributed by atoms with Crippen LogP contribution in [0.3, 0.4) is 0 Å². The number of aromatic amines is 1. The fraction of sp³-hybridized carbons (Fsp3) is 0.421. The highest BCUT2D eigenvalue weighted by Gasteiger charge is 2.33. The molecule has 0 radical (unpaired) electrons. The van der Waals surface area contributed by atoms with Crippen molar-refractivity contribution in [1.29, 1.82) is 0 Å². The monoisotopic (exact) mass is 354 g/mol. The number of pyridine rings is 1. The van der Waals surface area contributed by atoms with Gasteiger partial charge in [-0.15, -0.1) is 0 Å². The summed E-state index contributed by atoms with van der Waals surface area (Å²) in [5.74, 6) is 0.926. The molecule has 2 aromatic heterocycles. The molecular weight excluding hydrogens is 332 g/mol. The van der Waals surface area contributed by atoms with E-state index in [9.17, 15) is 9.59 Å². The van der Waals surface area contributed by atoms with Crippen molar-refractivity contribution in [2.24, 2.45) is 0 Å². The molecule has 2 fully saturated rings. The molecule has 1 atom stereocenters. The number of hydrogen-bond donors (Lipinski definition) is 2. The van der Waals surface area contributed by atoms with Crippen molar-refractivity contribution in [1.82, 2.24) is 20.2 Å². The SMILES string of the molecule is CNC(=O)c1cc(OC2CCN(C(=O)c3cc[nH]c3C3CC3)C2)ccn1. The van der Waals surface area contributed by atoms with Crippen LogP contribution in [0.4, 0.5) is 0 Å². The van der Waals surface area contributed by atoms with Crippen LogP contribution in [-0.2, 0) is 0 Å². The maximum atomic E-state index is 12.8. The van der Waals surface area contributed by atoms with Gasteiger partial charge in [0.15, 0.2) is 0 Å². The van der Waals surface area contributed by atoms with E-state index in [0.29, 0.717) is 30.5 Å². The smallest absolute Gasteiger partial charge is 0.269 e. The molecule has 2 aromatic rings. The Balaban J connectivity index is 1.40. The van der Waals surface area contributed by atoms with Crippen molar-refractivity contribution in [2.75, 3.05) is 20.1 Å². The summed E-state index contributed by atoms with van der Waals surface area (Å²) in [4.78, 5) is 33.6. The van der Waals surface area contributed by atoms with Gasteiger partial charge >= 0.3 is 0 Å². The molecule has 2 amide bonds. The number of aromatic nitrogens is 2. The lowest BCUT2D eigenvalue weighted by atomic mass is 10.1. The minimum atomic E-state index is -0.251. The van der Waals surface area contributed by atoms with E-state index < -0.39 is 0 Å². The summed E-state index contributed by atoms with van der Waals surface area (Å²) in [5, 5.41) is 2.55. The first-order valence-corrected chi connectivity index (χ1v) is 8.97. The van der Waals surface area contributed by atoms with Crippen LogP contribution in [0.1, 0.15) is 51.7 Å². The maximum Gasteiger partial charge on any atom is 0.269 e. The summed E-state index contributed by atoms with van der Waals surface area (Å²) in [5.41, 5.74) is 2.18. The highest BCUT2D eigenvalue weighted by Crippen LogP contribution is 2.41. The van der Waals surface area contributed by atoms with Gasteiger partial charge < -0.3 is 19.9 Å². The summed E-state index contributed by atoms with van der Waals surface area (Å²) in [6, 6.07) is 5.23. The first-order valence-electron chi connectivity index (χ1n) is 8.97. The van der Waals surface area contributed by atoms with Gasteiger partial charge in [0.2, 0.25) is 0 Å². The van der Waals surface area contributed by atoms with Crippen LogP contribution in [-0.4, -0.2) is 52.9 Å². The van der Waals surface area contributed by atoms with Gasteiger partial charge in [-0.3, -0.25) is 14.6 Å². The second kappa shape index (κ2) is 6.82. The van der Waals surface area contributed by atoms with Gasteiger partial charge in [0.1, 0.15) is 17.5 Å². The van der Waals surface area contributed by atoms with E-state index in [0.717, 1.165) is 30.5 Å². The zero-order chi connectivity index (χ0) is 18.1. The van der Waals surface area contributed by atoms with Crippen molar-refractivity contribution >= 4 is 11.8 Å². The van der Waals surface area contributed by atoms with Gasteiger partial charge in [0, 0.05) is 44.2 Å². The predicted octanol–water partition coefficient (Wildman–Crippen LogP) is 1.94. The number of nitrogens with zero attached hydrogens (tertiary/aromatic N) is 2. The normalized spacial score (nSPS) is 19.4. The van der Waals surface area contributed by atoms with Crippen molar-refractivity contribution in [3.63, 3.8) is 0 Å². The second-order valence-corrected chi connectivity index (χ2v) is 6.81. The van der Waals surface area contributed by atoms with E-state index in [1.165, 1.54) is 0 Å². The van der Waals surface area contributed by atoms with Crippen LogP contribution in [0.25, 0.3) is 0 Å². The van der Waals surface area contributed by atoms with Crippen molar-refractivity contribution in [2.45, 2.75) is 31.3 Å². The van der Waals surface area contributed by atoms with Gasteiger partial charge in [-0.1, -0.05) is 0 Å². The maximum absolute atomic E-state index is 12.8. The number of hydrogen-bond acceptors (Lipinski definition) is 4. The molecule has 1 aliphatic heterocycles. The zero-order valence-corrected chi connectivity index (χ0v) is 14.7. The molecule has 1 unspecified atom stereocenters. The zero-order valence-electron chi connectivity index (χ0n) is 14.7. The Morgan fingerprint density at radius 1 is 1.31 bits per heavy atom. The molecule has 1 saturated heterocycles. The van der Waals surface area contributed by atoms with Gasteiger partial charge in [-0.25, -0.2) is 0 Å². The summed E-state index contributed by atoms with van der Waals surface area (Å²) in [6.45, 7) is 1.22. The third kappa shape index (κ3) is 3.29. The van der Waals surface area contributed by atoms with Crippen LogP contribution in [0, 0.1) is 0 Å². The lowest BCUT2D eigenvalue weighted by Gasteiger charge is -2.18. The van der Waals surface area contributed by atoms with Gasteiger partial charge in [-0.2, -0.15) is 0 Å². The summed E-state index contributed by atoms with van der Waals surface area (Å²) in [6.07, 6.45) is 6.40. The Hall–Kier alpha value is -2.83. The molecule has 4 rings (SSSR count). The number of rotatable bonds is 5.